The molecule has 0 unspecified atom stereocenters. The van der Waals surface area contributed by atoms with Crippen LogP contribution in [0.5, 0.6) is 0 Å². The van der Waals surface area contributed by atoms with Crippen LogP contribution in [0, 0.1) is 13.8 Å². The first-order valence-corrected chi connectivity index (χ1v) is 9.37. The van der Waals surface area contributed by atoms with Crippen LogP contribution in [0.3, 0.4) is 0 Å². The maximum atomic E-state index is 12.7. The molecule has 2 rings (SSSR count). The summed E-state index contributed by atoms with van der Waals surface area (Å²) in [6, 6.07) is 2.09. The smallest absolute Gasteiger partial charge is 0.343 e. The van der Waals surface area contributed by atoms with Crippen molar-refractivity contribution in [3.8, 4) is 0 Å². The maximum Gasteiger partial charge on any atom is 0.343 e. The van der Waals surface area contributed by atoms with Crippen molar-refractivity contribution in [3.05, 3.63) is 33.5 Å². The number of Topliss-reactive ketones (excluding diaryl/α,β-unsaturated/α-hetero) is 1. The fourth-order valence-corrected chi connectivity index (χ4v) is 3.95. The van der Waals surface area contributed by atoms with E-state index in [0.717, 1.165) is 17.8 Å². The van der Waals surface area contributed by atoms with Gasteiger partial charge in [-0.05, 0) is 33.3 Å². The van der Waals surface area contributed by atoms with Gasteiger partial charge in [0.1, 0.15) is 0 Å². The number of thioether (sulfide) groups is 1. The first-order valence-electron chi connectivity index (χ1n) is 8.39. The number of ether oxygens (including phenoxy) is 1. The van der Waals surface area contributed by atoms with Crippen LogP contribution in [0.25, 0.3) is 0 Å². The molecule has 0 aliphatic heterocycles. The van der Waals surface area contributed by atoms with Crippen LogP contribution >= 0.6 is 11.8 Å². The number of aryl methyl sites for hydroxylation is 1. The van der Waals surface area contributed by atoms with Crippen LogP contribution in [0.1, 0.15) is 48.1 Å². The van der Waals surface area contributed by atoms with Gasteiger partial charge in [-0.2, -0.15) is 0 Å². The number of carbonyl (C=O) groups excluding carboxylic acids is 1. The molecule has 2 aromatic heterocycles. The third-order valence-electron chi connectivity index (χ3n) is 4.14. The average Bonchev–Trinajstić information content (AvgIpc) is 3.06. The zero-order chi connectivity index (χ0) is 18.6. The molecule has 1 N–H and O–H groups in total. The van der Waals surface area contributed by atoms with Crippen molar-refractivity contribution in [2.75, 3.05) is 19.5 Å². The predicted molar refractivity (Wildman–Crippen MR) is 98.7 cm³/mol. The standard InChI is InChI=1S/C17H26N4O3S/c1-6-7-20-16(23)18-19-17(20)25-10-15(22)14-8-11(2)21(13(14)4)12(3)9-24-5/h8,12H,6-7,9-10H2,1-5H3,(H,18,23)/t12-/m1/s1. The van der Waals surface area contributed by atoms with Gasteiger partial charge in [-0.15, -0.1) is 5.10 Å². The van der Waals surface area contributed by atoms with E-state index in [1.54, 1.807) is 11.7 Å². The Bertz CT molecular complexity index is 790. The van der Waals surface area contributed by atoms with E-state index in [9.17, 15) is 9.59 Å². The lowest BCUT2D eigenvalue weighted by molar-refractivity contribution is 0.102. The van der Waals surface area contributed by atoms with E-state index < -0.39 is 0 Å². The molecular weight excluding hydrogens is 340 g/mol. The molecule has 0 radical (unpaired) electrons. The highest BCUT2D eigenvalue weighted by molar-refractivity contribution is 7.99. The van der Waals surface area contributed by atoms with Crippen LogP contribution in [0.4, 0.5) is 0 Å². The Morgan fingerprint density at radius 2 is 2.16 bits per heavy atom. The van der Waals surface area contributed by atoms with Crippen molar-refractivity contribution in [2.24, 2.45) is 0 Å². The third-order valence-corrected chi connectivity index (χ3v) is 5.11. The summed E-state index contributed by atoms with van der Waals surface area (Å²) in [7, 11) is 1.67. The minimum Gasteiger partial charge on any atom is -0.383 e. The molecule has 2 heterocycles. The SMILES string of the molecule is CCCn1c(SCC(=O)c2cc(C)n([C@H](C)COC)c2C)n[nH]c1=O. The molecule has 0 aliphatic rings. The molecule has 8 heteroatoms. The summed E-state index contributed by atoms with van der Waals surface area (Å²) in [4.78, 5) is 24.4. The lowest BCUT2D eigenvalue weighted by Gasteiger charge is -2.17. The van der Waals surface area contributed by atoms with Gasteiger partial charge in [-0.25, -0.2) is 9.89 Å². The van der Waals surface area contributed by atoms with Crippen LogP contribution in [-0.2, 0) is 11.3 Å². The Kier molecular flexibility index (Phi) is 6.66. The van der Waals surface area contributed by atoms with E-state index in [2.05, 4.69) is 21.7 Å². The second-order valence-electron chi connectivity index (χ2n) is 6.13. The highest BCUT2D eigenvalue weighted by Gasteiger charge is 2.20. The molecule has 0 spiro atoms. The van der Waals surface area contributed by atoms with E-state index in [0.29, 0.717) is 23.9 Å². The van der Waals surface area contributed by atoms with Crippen LogP contribution in [-0.4, -0.2) is 44.6 Å². The van der Waals surface area contributed by atoms with Gasteiger partial charge in [-0.3, -0.25) is 9.36 Å². The van der Waals surface area contributed by atoms with Gasteiger partial charge in [0.25, 0.3) is 0 Å². The molecule has 25 heavy (non-hydrogen) atoms. The quantitative estimate of drug-likeness (QED) is 0.545. The summed E-state index contributed by atoms with van der Waals surface area (Å²) >= 11 is 1.29. The van der Waals surface area contributed by atoms with E-state index >= 15 is 0 Å². The largest absolute Gasteiger partial charge is 0.383 e. The van der Waals surface area contributed by atoms with Crippen molar-refractivity contribution in [3.63, 3.8) is 0 Å². The number of hydrogen-bond acceptors (Lipinski definition) is 5. The summed E-state index contributed by atoms with van der Waals surface area (Å²) in [5, 5.41) is 7.02. The van der Waals surface area contributed by atoms with Gasteiger partial charge in [0, 0.05) is 30.6 Å². The fourth-order valence-electron chi connectivity index (χ4n) is 3.10. The minimum absolute atomic E-state index is 0.0347. The normalized spacial score (nSPS) is 12.5. The first-order chi connectivity index (χ1) is 11.9. The summed E-state index contributed by atoms with van der Waals surface area (Å²) in [5.41, 5.74) is 2.47. The van der Waals surface area contributed by atoms with E-state index in [-0.39, 0.29) is 23.3 Å². The van der Waals surface area contributed by atoms with E-state index in [4.69, 9.17) is 4.74 Å². The Balaban J connectivity index is 2.14. The number of carbonyl (C=O) groups is 1. The Morgan fingerprint density at radius 1 is 1.44 bits per heavy atom. The Hall–Kier alpha value is -1.80. The molecule has 0 amide bonds. The first kappa shape index (κ1) is 19.5. The molecule has 0 aromatic carbocycles. The summed E-state index contributed by atoms with van der Waals surface area (Å²) in [5.74, 6) is 0.282. The van der Waals surface area contributed by atoms with Crippen LogP contribution in [0.2, 0.25) is 0 Å². The molecule has 2 aromatic rings. The van der Waals surface area contributed by atoms with Gasteiger partial charge in [0.05, 0.1) is 18.4 Å². The van der Waals surface area contributed by atoms with Gasteiger partial charge in [0.15, 0.2) is 10.9 Å². The van der Waals surface area contributed by atoms with Crippen LogP contribution < -0.4 is 5.69 Å². The third kappa shape index (κ3) is 4.24. The van der Waals surface area contributed by atoms with Crippen molar-refractivity contribution in [1.29, 1.82) is 0 Å². The predicted octanol–water partition coefficient (Wildman–Crippen LogP) is 2.58. The Labute approximate surface area is 151 Å². The van der Waals surface area contributed by atoms with Crippen molar-refractivity contribution in [1.82, 2.24) is 19.3 Å². The fraction of sp³-hybridized carbons (Fsp3) is 0.588. The number of ketones is 1. The summed E-state index contributed by atoms with van der Waals surface area (Å²) < 4.78 is 8.93. The summed E-state index contributed by atoms with van der Waals surface area (Å²) in [6.45, 7) is 9.20. The van der Waals surface area contributed by atoms with Crippen molar-refractivity contribution < 1.29 is 9.53 Å². The highest BCUT2D eigenvalue weighted by atomic mass is 32.2. The van der Waals surface area contributed by atoms with E-state index in [1.165, 1.54) is 11.8 Å². The number of H-pyrrole nitrogens is 1. The van der Waals surface area contributed by atoms with Crippen molar-refractivity contribution >= 4 is 17.5 Å². The number of aromatic nitrogens is 4. The molecular formula is C17H26N4O3S. The lowest BCUT2D eigenvalue weighted by atomic mass is 10.2. The number of nitrogens with zero attached hydrogens (tertiary/aromatic N) is 3. The zero-order valence-corrected chi connectivity index (χ0v) is 16.3. The molecule has 0 aliphatic carbocycles. The molecule has 7 nitrogen and oxygen atoms in total. The van der Waals surface area contributed by atoms with Gasteiger partial charge < -0.3 is 9.30 Å². The highest BCUT2D eigenvalue weighted by Crippen LogP contribution is 2.23. The molecule has 0 fully saturated rings. The monoisotopic (exact) mass is 366 g/mol. The number of aromatic amines is 1. The minimum atomic E-state index is -0.233. The molecule has 0 bridgehead atoms. The topological polar surface area (TPSA) is 81.9 Å². The molecule has 1 atom stereocenters. The number of rotatable bonds is 9. The lowest BCUT2D eigenvalue weighted by Crippen LogP contribution is -2.17. The number of hydrogen-bond donors (Lipinski definition) is 1. The van der Waals surface area contributed by atoms with Crippen molar-refractivity contribution in [2.45, 2.75) is 51.9 Å². The summed E-state index contributed by atoms with van der Waals surface area (Å²) in [6.07, 6.45) is 0.833. The van der Waals surface area contributed by atoms with Gasteiger partial charge >= 0.3 is 5.69 Å². The zero-order valence-electron chi connectivity index (χ0n) is 15.5. The molecule has 0 saturated heterocycles. The van der Waals surface area contributed by atoms with Gasteiger partial charge in [-0.1, -0.05) is 18.7 Å². The second-order valence-corrected chi connectivity index (χ2v) is 7.08. The number of methoxy groups -OCH3 is 1. The van der Waals surface area contributed by atoms with E-state index in [1.807, 2.05) is 26.8 Å². The average molecular weight is 366 g/mol. The maximum absolute atomic E-state index is 12.7. The Morgan fingerprint density at radius 3 is 2.80 bits per heavy atom. The number of nitrogens with one attached hydrogen (secondary N) is 1. The molecule has 138 valence electrons. The molecule has 0 saturated carbocycles. The van der Waals surface area contributed by atoms with Crippen LogP contribution in [0.15, 0.2) is 16.0 Å². The second kappa shape index (κ2) is 8.53. The van der Waals surface area contributed by atoms with Gasteiger partial charge in [0.2, 0.25) is 0 Å².